The van der Waals surface area contributed by atoms with Gasteiger partial charge in [0.05, 0.1) is 0 Å². The summed E-state index contributed by atoms with van der Waals surface area (Å²) in [5, 5.41) is 2.25. The molecule has 3 heterocycles. The summed E-state index contributed by atoms with van der Waals surface area (Å²) in [6, 6.07) is 7.56. The number of carbonyl (C=O) groups is 3. The Labute approximate surface area is 152 Å². The second-order valence-electron chi connectivity index (χ2n) is 7.43. The third-order valence-electron chi connectivity index (χ3n) is 5.69. The van der Waals surface area contributed by atoms with Crippen molar-refractivity contribution >= 4 is 23.5 Å². The molecule has 26 heavy (non-hydrogen) atoms. The molecule has 1 aromatic rings. The number of likely N-dealkylation sites (tertiary alicyclic amines) is 2. The Bertz CT molecular complexity index is 727. The lowest BCUT2D eigenvalue weighted by molar-refractivity contribution is -0.117. The van der Waals surface area contributed by atoms with E-state index in [2.05, 4.69) is 17.1 Å². The summed E-state index contributed by atoms with van der Waals surface area (Å²) in [6.07, 6.45) is 3.81. The minimum atomic E-state index is -0.421. The van der Waals surface area contributed by atoms with Crippen molar-refractivity contribution in [1.29, 1.82) is 0 Å². The van der Waals surface area contributed by atoms with Crippen LogP contribution in [0.4, 0.5) is 10.5 Å². The molecule has 3 saturated heterocycles. The van der Waals surface area contributed by atoms with E-state index in [0.717, 1.165) is 19.6 Å². The van der Waals surface area contributed by atoms with Crippen LogP contribution in [0.25, 0.3) is 0 Å². The fourth-order valence-corrected chi connectivity index (χ4v) is 4.11. The number of hydrogen-bond acceptors (Lipinski definition) is 4. The first-order valence-electron chi connectivity index (χ1n) is 9.29. The molecule has 0 radical (unpaired) electrons. The van der Waals surface area contributed by atoms with Crippen molar-refractivity contribution in [3.05, 3.63) is 29.8 Å². The molecule has 0 spiro atoms. The molecule has 4 amide bonds. The zero-order valence-electron chi connectivity index (χ0n) is 15.0. The predicted octanol–water partition coefficient (Wildman–Crippen LogP) is 1.44. The standard InChI is InChI=1S/C19H24N4O3/c1-13-4-2-3-9-22(13)16-10-21(11-16)18(25)14-5-7-15(8-6-14)23-12-17(24)20-19(23)26/h5-8,13,16H,2-4,9-12H2,1H3,(H,20,24,26)/t13-/m0/s1. The van der Waals surface area contributed by atoms with Crippen LogP contribution in [-0.4, -0.2) is 65.9 Å². The van der Waals surface area contributed by atoms with Crippen molar-refractivity contribution in [2.75, 3.05) is 31.1 Å². The number of nitrogens with zero attached hydrogens (tertiary/aromatic N) is 3. The van der Waals surface area contributed by atoms with Gasteiger partial charge in [-0.2, -0.15) is 0 Å². The number of nitrogens with one attached hydrogen (secondary N) is 1. The predicted molar refractivity (Wildman–Crippen MR) is 97.0 cm³/mol. The van der Waals surface area contributed by atoms with Crippen LogP contribution in [0.2, 0.25) is 0 Å². The fourth-order valence-electron chi connectivity index (χ4n) is 4.11. The lowest BCUT2D eigenvalue weighted by Gasteiger charge is -2.49. The van der Waals surface area contributed by atoms with E-state index < -0.39 is 6.03 Å². The lowest BCUT2D eigenvalue weighted by atomic mass is 9.97. The summed E-state index contributed by atoms with van der Waals surface area (Å²) < 4.78 is 0. The van der Waals surface area contributed by atoms with Crippen LogP contribution in [0.15, 0.2) is 24.3 Å². The van der Waals surface area contributed by atoms with Gasteiger partial charge >= 0.3 is 6.03 Å². The first kappa shape index (κ1) is 17.0. The Morgan fingerprint density at radius 3 is 2.46 bits per heavy atom. The molecular formula is C19H24N4O3. The molecule has 3 aliphatic rings. The number of imide groups is 1. The van der Waals surface area contributed by atoms with Crippen molar-refractivity contribution in [3.8, 4) is 0 Å². The van der Waals surface area contributed by atoms with E-state index in [1.54, 1.807) is 24.3 Å². The Balaban J connectivity index is 1.36. The maximum Gasteiger partial charge on any atom is 0.329 e. The highest BCUT2D eigenvalue weighted by Gasteiger charge is 2.37. The molecule has 3 aliphatic heterocycles. The van der Waals surface area contributed by atoms with Crippen LogP contribution in [0.1, 0.15) is 36.5 Å². The molecule has 0 bridgehead atoms. The van der Waals surface area contributed by atoms with E-state index in [4.69, 9.17) is 0 Å². The number of carbonyl (C=O) groups excluding carboxylic acids is 3. The van der Waals surface area contributed by atoms with E-state index >= 15 is 0 Å². The van der Waals surface area contributed by atoms with Gasteiger partial charge in [-0.05, 0) is 50.6 Å². The molecule has 1 atom stereocenters. The molecule has 0 saturated carbocycles. The van der Waals surface area contributed by atoms with Gasteiger partial charge in [0.15, 0.2) is 0 Å². The number of anilines is 1. The van der Waals surface area contributed by atoms with E-state index in [1.165, 1.54) is 24.2 Å². The monoisotopic (exact) mass is 356 g/mol. The Morgan fingerprint density at radius 2 is 1.85 bits per heavy atom. The van der Waals surface area contributed by atoms with Gasteiger partial charge in [-0.1, -0.05) is 6.42 Å². The zero-order chi connectivity index (χ0) is 18.3. The van der Waals surface area contributed by atoms with Gasteiger partial charge < -0.3 is 4.90 Å². The Kier molecular flexibility index (Phi) is 4.40. The molecule has 7 heteroatoms. The van der Waals surface area contributed by atoms with Gasteiger partial charge in [-0.15, -0.1) is 0 Å². The number of hydrogen-bond donors (Lipinski definition) is 1. The van der Waals surface area contributed by atoms with E-state index in [1.807, 2.05) is 4.90 Å². The normalized spacial score (nSPS) is 24.6. The van der Waals surface area contributed by atoms with Crippen LogP contribution < -0.4 is 10.2 Å². The van der Waals surface area contributed by atoms with Crippen LogP contribution in [0.5, 0.6) is 0 Å². The summed E-state index contributed by atoms with van der Waals surface area (Å²) in [5.74, 6) is -0.284. The molecule has 1 aromatic carbocycles. The third kappa shape index (κ3) is 3.07. The third-order valence-corrected chi connectivity index (χ3v) is 5.69. The molecule has 0 aliphatic carbocycles. The first-order chi connectivity index (χ1) is 12.5. The SMILES string of the molecule is C[C@H]1CCCCN1C1CN(C(=O)c2ccc(N3CC(=O)NC3=O)cc2)C1. The molecule has 0 aromatic heterocycles. The summed E-state index contributed by atoms with van der Waals surface area (Å²) >= 11 is 0. The highest BCUT2D eigenvalue weighted by molar-refractivity contribution is 6.12. The summed E-state index contributed by atoms with van der Waals surface area (Å²) in [6.45, 7) is 5.01. The zero-order valence-corrected chi connectivity index (χ0v) is 15.0. The molecule has 138 valence electrons. The average Bonchev–Trinajstić information content (AvgIpc) is 2.93. The maximum atomic E-state index is 12.6. The summed E-state index contributed by atoms with van der Waals surface area (Å²) in [7, 11) is 0. The van der Waals surface area contributed by atoms with Crippen molar-refractivity contribution in [2.24, 2.45) is 0 Å². The summed E-state index contributed by atoms with van der Waals surface area (Å²) in [5.41, 5.74) is 1.23. The van der Waals surface area contributed by atoms with Crippen LogP contribution in [0, 0.1) is 0 Å². The van der Waals surface area contributed by atoms with Gasteiger partial charge in [-0.3, -0.25) is 24.7 Å². The molecule has 1 N–H and O–H groups in total. The van der Waals surface area contributed by atoms with Gasteiger partial charge in [0.2, 0.25) is 5.91 Å². The van der Waals surface area contributed by atoms with Crippen molar-refractivity contribution in [2.45, 2.75) is 38.3 Å². The minimum absolute atomic E-state index is 0.0218. The Morgan fingerprint density at radius 1 is 1.12 bits per heavy atom. The van der Waals surface area contributed by atoms with Crippen LogP contribution in [0.3, 0.4) is 0 Å². The number of rotatable bonds is 3. The molecule has 0 unspecified atom stereocenters. The highest BCUT2D eigenvalue weighted by atomic mass is 16.2. The molecule has 4 rings (SSSR count). The van der Waals surface area contributed by atoms with Gasteiger partial charge in [-0.25, -0.2) is 4.79 Å². The van der Waals surface area contributed by atoms with Crippen LogP contribution in [-0.2, 0) is 4.79 Å². The van der Waals surface area contributed by atoms with Gasteiger partial charge in [0.1, 0.15) is 6.54 Å². The number of amides is 4. The van der Waals surface area contributed by atoms with E-state index in [0.29, 0.717) is 23.3 Å². The topological polar surface area (TPSA) is 73.0 Å². The van der Waals surface area contributed by atoms with Crippen molar-refractivity contribution in [1.82, 2.24) is 15.1 Å². The quantitative estimate of drug-likeness (QED) is 0.832. The van der Waals surface area contributed by atoms with Crippen molar-refractivity contribution in [3.63, 3.8) is 0 Å². The maximum absolute atomic E-state index is 12.6. The molecule has 7 nitrogen and oxygen atoms in total. The Hall–Kier alpha value is -2.41. The average molecular weight is 356 g/mol. The van der Waals surface area contributed by atoms with Crippen LogP contribution >= 0.6 is 0 Å². The molecular weight excluding hydrogens is 332 g/mol. The fraction of sp³-hybridized carbons (Fsp3) is 0.526. The number of benzene rings is 1. The first-order valence-corrected chi connectivity index (χ1v) is 9.29. The van der Waals surface area contributed by atoms with Gasteiger partial charge in [0.25, 0.3) is 5.91 Å². The highest BCUT2D eigenvalue weighted by Crippen LogP contribution is 2.26. The molecule has 3 fully saturated rings. The smallest absolute Gasteiger partial charge is 0.329 e. The van der Waals surface area contributed by atoms with E-state index in [9.17, 15) is 14.4 Å². The summed E-state index contributed by atoms with van der Waals surface area (Å²) in [4.78, 5) is 41.4. The van der Waals surface area contributed by atoms with Gasteiger partial charge in [0, 0.05) is 36.4 Å². The van der Waals surface area contributed by atoms with Crippen molar-refractivity contribution < 1.29 is 14.4 Å². The second kappa shape index (κ2) is 6.72. The largest absolute Gasteiger partial charge is 0.335 e. The second-order valence-corrected chi connectivity index (χ2v) is 7.43. The minimum Gasteiger partial charge on any atom is -0.335 e. The van der Waals surface area contributed by atoms with E-state index in [-0.39, 0.29) is 18.4 Å². The number of urea groups is 1. The number of piperidine rings is 1. The lowest BCUT2D eigenvalue weighted by Crippen LogP contribution is -2.63.